The summed E-state index contributed by atoms with van der Waals surface area (Å²) in [5.41, 5.74) is 1.00. The summed E-state index contributed by atoms with van der Waals surface area (Å²) in [5.74, 6) is 1.03. The predicted molar refractivity (Wildman–Crippen MR) is 70.5 cm³/mol. The fourth-order valence-electron chi connectivity index (χ4n) is 1.93. The number of aromatic nitrogens is 2. The van der Waals surface area contributed by atoms with Crippen molar-refractivity contribution in [2.45, 2.75) is 26.2 Å². The molecule has 18 heavy (non-hydrogen) atoms. The fourth-order valence-corrected chi connectivity index (χ4v) is 1.93. The Morgan fingerprint density at radius 3 is 2.44 bits per heavy atom. The Balaban J connectivity index is 1.99. The van der Waals surface area contributed by atoms with Crippen LogP contribution in [0, 0.1) is 5.92 Å². The minimum absolute atomic E-state index is 0.0190. The van der Waals surface area contributed by atoms with Crippen LogP contribution >= 0.6 is 0 Å². The Labute approximate surface area is 108 Å². The van der Waals surface area contributed by atoms with Crippen molar-refractivity contribution in [3.05, 3.63) is 17.8 Å². The van der Waals surface area contributed by atoms with Crippen LogP contribution in [0.25, 0.3) is 0 Å². The average molecular weight is 248 g/mol. The molecule has 98 valence electrons. The second kappa shape index (κ2) is 4.55. The Morgan fingerprint density at radius 2 is 2.00 bits per heavy atom. The van der Waals surface area contributed by atoms with E-state index in [0.717, 1.165) is 24.6 Å². The molecule has 5 nitrogen and oxygen atoms in total. The molecule has 2 heterocycles. The van der Waals surface area contributed by atoms with E-state index in [1.54, 1.807) is 7.05 Å². The lowest BCUT2D eigenvalue weighted by atomic mass is 9.92. The number of hydrogen-bond acceptors (Lipinski definition) is 4. The fraction of sp³-hybridized carbons (Fsp3) is 0.615. The molecule has 0 spiro atoms. The maximum absolute atomic E-state index is 11.4. The molecule has 1 saturated heterocycles. The summed E-state index contributed by atoms with van der Waals surface area (Å²) in [5, 5.41) is 11.1. The molecule has 0 aliphatic carbocycles. The number of nitrogens with one attached hydrogen (secondary N) is 1. The predicted octanol–water partition coefficient (Wildman–Crippen LogP) is 0.956. The Hall–Kier alpha value is -1.65. The molecular weight excluding hydrogens is 228 g/mol. The van der Waals surface area contributed by atoms with Crippen LogP contribution < -0.4 is 10.2 Å². The van der Waals surface area contributed by atoms with Gasteiger partial charge in [0, 0.05) is 25.6 Å². The highest BCUT2D eigenvalue weighted by atomic mass is 16.1. The summed E-state index contributed by atoms with van der Waals surface area (Å²) in [4.78, 5) is 13.5. The number of anilines is 1. The van der Waals surface area contributed by atoms with Gasteiger partial charge in [-0.2, -0.15) is 5.10 Å². The van der Waals surface area contributed by atoms with Gasteiger partial charge in [0.15, 0.2) is 5.82 Å². The van der Waals surface area contributed by atoms with Gasteiger partial charge in [-0.05, 0) is 12.1 Å². The first-order valence-electron chi connectivity index (χ1n) is 6.22. The number of rotatable bonds is 2. The first-order valence-corrected chi connectivity index (χ1v) is 6.22. The molecule has 1 aliphatic rings. The van der Waals surface area contributed by atoms with Gasteiger partial charge in [-0.3, -0.25) is 4.79 Å². The molecule has 1 fully saturated rings. The summed E-state index contributed by atoms with van der Waals surface area (Å²) in [7, 11) is 1.67. The molecular formula is C13H20N4O. The Morgan fingerprint density at radius 1 is 1.33 bits per heavy atom. The molecule has 1 aromatic rings. The van der Waals surface area contributed by atoms with Crippen molar-refractivity contribution in [2.75, 3.05) is 25.0 Å². The molecule has 2 rings (SSSR count). The molecule has 0 atom stereocenters. The quantitative estimate of drug-likeness (QED) is 0.847. The highest BCUT2D eigenvalue weighted by Gasteiger charge is 2.33. The SMILES string of the molecule is CNC(=O)C1CN(c2ccc(C(C)(C)C)nn2)C1. The summed E-state index contributed by atoms with van der Waals surface area (Å²) in [6.45, 7) is 7.79. The van der Waals surface area contributed by atoms with Crippen molar-refractivity contribution in [1.82, 2.24) is 15.5 Å². The van der Waals surface area contributed by atoms with E-state index in [1.165, 1.54) is 0 Å². The zero-order valence-corrected chi connectivity index (χ0v) is 11.4. The normalized spacial score (nSPS) is 16.3. The van der Waals surface area contributed by atoms with E-state index < -0.39 is 0 Å². The topological polar surface area (TPSA) is 58.1 Å². The number of carbonyl (C=O) groups excluding carboxylic acids is 1. The highest BCUT2D eigenvalue weighted by Crippen LogP contribution is 2.24. The van der Waals surface area contributed by atoms with Crippen LogP contribution in [0.3, 0.4) is 0 Å². The molecule has 0 bridgehead atoms. The molecule has 1 aromatic heterocycles. The summed E-state index contributed by atoms with van der Waals surface area (Å²) < 4.78 is 0. The lowest BCUT2D eigenvalue weighted by molar-refractivity contribution is -0.125. The maximum Gasteiger partial charge on any atom is 0.226 e. The molecule has 0 saturated carbocycles. The first-order chi connectivity index (χ1) is 8.41. The molecule has 0 radical (unpaired) electrons. The van der Waals surface area contributed by atoms with Crippen molar-refractivity contribution in [3.8, 4) is 0 Å². The summed E-state index contributed by atoms with van der Waals surface area (Å²) in [6, 6.07) is 3.99. The molecule has 1 aliphatic heterocycles. The van der Waals surface area contributed by atoms with Crippen LogP contribution in [-0.4, -0.2) is 36.2 Å². The number of hydrogen-bond donors (Lipinski definition) is 1. The summed E-state index contributed by atoms with van der Waals surface area (Å²) in [6.07, 6.45) is 0. The molecule has 1 amide bonds. The van der Waals surface area contributed by atoms with Gasteiger partial charge in [0.25, 0.3) is 0 Å². The lowest BCUT2D eigenvalue weighted by Gasteiger charge is -2.38. The van der Waals surface area contributed by atoms with Crippen LogP contribution in [-0.2, 0) is 10.2 Å². The number of nitrogens with zero attached hydrogens (tertiary/aromatic N) is 3. The third-order valence-corrected chi connectivity index (χ3v) is 3.24. The maximum atomic E-state index is 11.4. The van der Waals surface area contributed by atoms with Crippen molar-refractivity contribution in [1.29, 1.82) is 0 Å². The second-order valence-electron chi connectivity index (χ2n) is 5.74. The van der Waals surface area contributed by atoms with Gasteiger partial charge in [0.1, 0.15) is 0 Å². The molecule has 1 N–H and O–H groups in total. The third kappa shape index (κ3) is 2.44. The minimum Gasteiger partial charge on any atom is -0.359 e. The van der Waals surface area contributed by atoms with E-state index in [-0.39, 0.29) is 17.2 Å². The largest absolute Gasteiger partial charge is 0.359 e. The zero-order chi connectivity index (χ0) is 13.3. The van der Waals surface area contributed by atoms with E-state index >= 15 is 0 Å². The van der Waals surface area contributed by atoms with Crippen LogP contribution in [0.1, 0.15) is 26.5 Å². The van der Waals surface area contributed by atoms with Crippen molar-refractivity contribution < 1.29 is 4.79 Å². The van der Waals surface area contributed by atoms with Gasteiger partial charge >= 0.3 is 0 Å². The van der Waals surface area contributed by atoms with Crippen LogP contribution in [0.4, 0.5) is 5.82 Å². The van der Waals surface area contributed by atoms with Gasteiger partial charge < -0.3 is 10.2 Å². The first kappa shape index (κ1) is 12.8. The smallest absolute Gasteiger partial charge is 0.226 e. The zero-order valence-electron chi connectivity index (χ0n) is 11.4. The van der Waals surface area contributed by atoms with Crippen LogP contribution in [0.5, 0.6) is 0 Å². The van der Waals surface area contributed by atoms with E-state index in [1.807, 2.05) is 12.1 Å². The second-order valence-corrected chi connectivity index (χ2v) is 5.74. The molecule has 0 aromatic carbocycles. The molecule has 5 heteroatoms. The van der Waals surface area contributed by atoms with E-state index in [0.29, 0.717) is 0 Å². The number of carbonyl (C=O) groups is 1. The van der Waals surface area contributed by atoms with Crippen molar-refractivity contribution in [2.24, 2.45) is 5.92 Å². The average Bonchev–Trinajstić information content (AvgIpc) is 2.26. The van der Waals surface area contributed by atoms with Crippen molar-refractivity contribution in [3.63, 3.8) is 0 Å². The monoisotopic (exact) mass is 248 g/mol. The van der Waals surface area contributed by atoms with Gasteiger partial charge in [-0.15, -0.1) is 5.10 Å². The van der Waals surface area contributed by atoms with Gasteiger partial charge in [-0.1, -0.05) is 20.8 Å². The highest BCUT2D eigenvalue weighted by molar-refractivity contribution is 5.81. The van der Waals surface area contributed by atoms with Crippen molar-refractivity contribution >= 4 is 11.7 Å². The van der Waals surface area contributed by atoms with E-state index in [2.05, 4.69) is 41.2 Å². The van der Waals surface area contributed by atoms with Crippen LogP contribution in [0.15, 0.2) is 12.1 Å². The van der Waals surface area contributed by atoms with Crippen LogP contribution in [0.2, 0.25) is 0 Å². The standard InChI is InChI=1S/C13H20N4O/c1-13(2,3)10-5-6-11(16-15-10)17-7-9(8-17)12(18)14-4/h5-6,9H,7-8H2,1-4H3,(H,14,18). The minimum atomic E-state index is 0.0190. The molecule has 0 unspecified atom stereocenters. The Bertz CT molecular complexity index is 429. The Kier molecular flexibility index (Phi) is 3.24. The van der Waals surface area contributed by atoms with Gasteiger partial charge in [0.05, 0.1) is 11.6 Å². The third-order valence-electron chi connectivity index (χ3n) is 3.24. The van der Waals surface area contributed by atoms with E-state index in [9.17, 15) is 4.79 Å². The summed E-state index contributed by atoms with van der Waals surface area (Å²) >= 11 is 0. The van der Waals surface area contributed by atoms with E-state index in [4.69, 9.17) is 0 Å². The number of amides is 1. The van der Waals surface area contributed by atoms with Gasteiger partial charge in [-0.25, -0.2) is 0 Å². The van der Waals surface area contributed by atoms with Gasteiger partial charge in [0.2, 0.25) is 5.91 Å². The lowest BCUT2D eigenvalue weighted by Crippen LogP contribution is -2.53.